The Labute approximate surface area is 165 Å². The highest BCUT2D eigenvalue weighted by Crippen LogP contribution is 2.32. The molecule has 4 aromatic rings. The molecule has 140 valence electrons. The summed E-state index contributed by atoms with van der Waals surface area (Å²) in [5, 5.41) is 16.3. The topological polar surface area (TPSA) is 100 Å². The molecule has 0 aliphatic rings. The number of aromatic carboxylic acids is 1. The summed E-state index contributed by atoms with van der Waals surface area (Å²) < 4.78 is 0. The van der Waals surface area contributed by atoms with Crippen LogP contribution >= 0.6 is 11.3 Å². The van der Waals surface area contributed by atoms with E-state index >= 15 is 0 Å². The van der Waals surface area contributed by atoms with Gasteiger partial charge in [-0.05, 0) is 49.2 Å². The predicted molar refractivity (Wildman–Crippen MR) is 111 cm³/mol. The number of aryl methyl sites for hydroxylation is 2. The maximum atomic E-state index is 11.0. The van der Waals surface area contributed by atoms with Crippen molar-refractivity contribution in [1.29, 1.82) is 0 Å². The van der Waals surface area contributed by atoms with Gasteiger partial charge in [-0.3, -0.25) is 0 Å². The van der Waals surface area contributed by atoms with Gasteiger partial charge in [0.25, 0.3) is 0 Å². The number of hydrogen-bond acceptors (Lipinski definition) is 7. The van der Waals surface area contributed by atoms with Gasteiger partial charge in [-0.25, -0.2) is 19.7 Å². The number of para-hydroxylation sites is 1. The maximum absolute atomic E-state index is 11.0. The first-order chi connectivity index (χ1) is 13.5. The number of nitrogens with zero attached hydrogens (tertiary/aromatic N) is 3. The summed E-state index contributed by atoms with van der Waals surface area (Å²) >= 11 is 1.45. The van der Waals surface area contributed by atoms with E-state index in [2.05, 4.69) is 51.6 Å². The molecule has 0 unspecified atom stereocenters. The Hall–Kier alpha value is -3.52. The predicted octanol–water partition coefficient (Wildman–Crippen LogP) is 4.89. The Morgan fingerprint density at radius 1 is 1.00 bits per heavy atom. The van der Waals surface area contributed by atoms with Gasteiger partial charge in [0.05, 0.1) is 5.56 Å². The molecular formula is C20H17N5O2S. The quantitative estimate of drug-likeness (QED) is 0.445. The number of carbonyl (C=O) groups is 1. The van der Waals surface area contributed by atoms with Crippen LogP contribution in [-0.4, -0.2) is 26.0 Å². The zero-order valence-electron chi connectivity index (χ0n) is 15.2. The summed E-state index contributed by atoms with van der Waals surface area (Å²) in [6.45, 7) is 4.10. The molecule has 8 heteroatoms. The molecule has 7 nitrogen and oxygen atoms in total. The molecule has 0 saturated carbocycles. The molecule has 0 radical (unpaired) electrons. The molecule has 0 atom stereocenters. The summed E-state index contributed by atoms with van der Waals surface area (Å²) in [6, 6.07) is 12.6. The van der Waals surface area contributed by atoms with E-state index in [1.165, 1.54) is 29.8 Å². The van der Waals surface area contributed by atoms with Crippen molar-refractivity contribution in [3.05, 3.63) is 65.5 Å². The number of aromatic nitrogens is 3. The van der Waals surface area contributed by atoms with Gasteiger partial charge in [-0.2, -0.15) is 0 Å². The Bertz CT molecular complexity index is 1150. The SMILES string of the molecule is Cc1cccc(C)c1Nc1nc2c(Nc3ccc(C(=O)O)cc3)ncnc2s1. The molecule has 2 aromatic heterocycles. The standard InChI is InChI=1S/C20H17N5O2S/c1-11-4-3-5-12(2)15(11)24-20-25-16-17(21-10-22-18(16)28-20)23-14-8-6-13(7-9-14)19(26)27/h3-10H,1-2H3,(H,24,25)(H,26,27)(H,21,22,23). The van der Waals surface area contributed by atoms with Crippen LogP contribution in [0.1, 0.15) is 21.5 Å². The molecule has 0 bridgehead atoms. The van der Waals surface area contributed by atoms with Crippen molar-refractivity contribution in [1.82, 2.24) is 15.0 Å². The second-order valence-electron chi connectivity index (χ2n) is 6.29. The van der Waals surface area contributed by atoms with Crippen LogP contribution in [0, 0.1) is 13.8 Å². The minimum Gasteiger partial charge on any atom is -0.478 e. The zero-order valence-corrected chi connectivity index (χ0v) is 16.0. The molecule has 0 aliphatic heterocycles. The van der Waals surface area contributed by atoms with Gasteiger partial charge in [0.15, 0.2) is 15.8 Å². The highest BCUT2D eigenvalue weighted by Gasteiger charge is 2.13. The fraction of sp³-hybridized carbons (Fsp3) is 0.100. The number of rotatable bonds is 5. The van der Waals surface area contributed by atoms with Crippen LogP contribution < -0.4 is 10.6 Å². The molecule has 0 spiro atoms. The van der Waals surface area contributed by atoms with E-state index < -0.39 is 5.97 Å². The first kappa shape index (κ1) is 17.9. The highest BCUT2D eigenvalue weighted by molar-refractivity contribution is 7.21. The first-order valence-electron chi connectivity index (χ1n) is 8.56. The van der Waals surface area contributed by atoms with Crippen LogP contribution in [0.25, 0.3) is 10.3 Å². The first-order valence-corrected chi connectivity index (χ1v) is 9.38. The number of anilines is 4. The second-order valence-corrected chi connectivity index (χ2v) is 7.27. The lowest BCUT2D eigenvalue weighted by atomic mass is 10.1. The lowest BCUT2D eigenvalue weighted by molar-refractivity contribution is 0.0697. The van der Waals surface area contributed by atoms with Gasteiger partial charge in [0.2, 0.25) is 0 Å². The van der Waals surface area contributed by atoms with Crippen LogP contribution in [-0.2, 0) is 0 Å². The van der Waals surface area contributed by atoms with E-state index in [1.54, 1.807) is 12.1 Å². The minimum atomic E-state index is -0.960. The van der Waals surface area contributed by atoms with Crippen LogP contribution in [0.2, 0.25) is 0 Å². The molecule has 0 aliphatic carbocycles. The molecule has 0 fully saturated rings. The molecule has 3 N–H and O–H groups in total. The average Bonchev–Trinajstić information content (AvgIpc) is 3.09. The van der Waals surface area contributed by atoms with Crippen molar-refractivity contribution in [3.63, 3.8) is 0 Å². The Morgan fingerprint density at radius 2 is 1.71 bits per heavy atom. The van der Waals surface area contributed by atoms with Crippen LogP contribution in [0.5, 0.6) is 0 Å². The number of carboxylic acid groups (broad SMARTS) is 1. The Morgan fingerprint density at radius 3 is 2.39 bits per heavy atom. The number of carboxylic acids is 1. The fourth-order valence-corrected chi connectivity index (χ4v) is 3.66. The average molecular weight is 391 g/mol. The Balaban J connectivity index is 1.64. The molecule has 2 aromatic carbocycles. The third-order valence-electron chi connectivity index (χ3n) is 4.30. The summed E-state index contributed by atoms with van der Waals surface area (Å²) in [5.41, 5.74) is 4.93. The van der Waals surface area contributed by atoms with E-state index in [1.807, 2.05) is 6.07 Å². The van der Waals surface area contributed by atoms with Crippen molar-refractivity contribution < 1.29 is 9.90 Å². The van der Waals surface area contributed by atoms with E-state index in [-0.39, 0.29) is 5.56 Å². The van der Waals surface area contributed by atoms with Crippen LogP contribution in [0.3, 0.4) is 0 Å². The molecule has 0 saturated heterocycles. The maximum Gasteiger partial charge on any atom is 0.335 e. The van der Waals surface area contributed by atoms with Gasteiger partial charge in [-0.15, -0.1) is 0 Å². The third-order valence-corrected chi connectivity index (χ3v) is 5.18. The molecule has 0 amide bonds. The summed E-state index contributed by atoms with van der Waals surface area (Å²) in [7, 11) is 0. The van der Waals surface area contributed by atoms with E-state index in [9.17, 15) is 4.79 Å². The minimum absolute atomic E-state index is 0.229. The molecule has 2 heterocycles. The monoisotopic (exact) mass is 391 g/mol. The lowest BCUT2D eigenvalue weighted by Crippen LogP contribution is -1.98. The number of benzene rings is 2. The van der Waals surface area contributed by atoms with Crippen molar-refractivity contribution in [3.8, 4) is 0 Å². The van der Waals surface area contributed by atoms with Crippen molar-refractivity contribution in [2.24, 2.45) is 0 Å². The van der Waals surface area contributed by atoms with Gasteiger partial charge >= 0.3 is 5.97 Å². The Kier molecular flexibility index (Phi) is 4.62. The van der Waals surface area contributed by atoms with E-state index in [4.69, 9.17) is 5.11 Å². The van der Waals surface area contributed by atoms with Gasteiger partial charge in [0, 0.05) is 11.4 Å². The zero-order chi connectivity index (χ0) is 19.7. The molecule has 28 heavy (non-hydrogen) atoms. The second kappa shape index (κ2) is 7.24. The van der Waals surface area contributed by atoms with Crippen molar-refractivity contribution in [2.45, 2.75) is 13.8 Å². The van der Waals surface area contributed by atoms with Crippen LogP contribution in [0.15, 0.2) is 48.8 Å². The number of nitrogens with one attached hydrogen (secondary N) is 2. The summed E-state index contributed by atoms with van der Waals surface area (Å²) in [4.78, 5) is 25.0. The smallest absolute Gasteiger partial charge is 0.335 e. The van der Waals surface area contributed by atoms with Gasteiger partial charge in [0.1, 0.15) is 11.8 Å². The lowest BCUT2D eigenvalue weighted by Gasteiger charge is -2.09. The number of fused-ring (bicyclic) bond motifs is 1. The summed E-state index contributed by atoms with van der Waals surface area (Å²) in [6.07, 6.45) is 1.48. The van der Waals surface area contributed by atoms with E-state index in [0.717, 1.165) is 32.5 Å². The summed E-state index contributed by atoms with van der Waals surface area (Å²) in [5.74, 6) is -0.392. The largest absolute Gasteiger partial charge is 0.478 e. The van der Waals surface area contributed by atoms with Crippen molar-refractivity contribution >= 4 is 50.0 Å². The molecular weight excluding hydrogens is 374 g/mol. The highest BCUT2D eigenvalue weighted by atomic mass is 32.1. The molecule has 4 rings (SSSR count). The fourth-order valence-electron chi connectivity index (χ4n) is 2.85. The number of hydrogen-bond donors (Lipinski definition) is 3. The van der Waals surface area contributed by atoms with Gasteiger partial charge in [-0.1, -0.05) is 29.5 Å². The van der Waals surface area contributed by atoms with Crippen LogP contribution in [0.4, 0.5) is 22.3 Å². The number of thiazole rings is 1. The van der Waals surface area contributed by atoms with E-state index in [0.29, 0.717) is 11.3 Å². The third kappa shape index (κ3) is 3.49. The van der Waals surface area contributed by atoms with Crippen molar-refractivity contribution in [2.75, 3.05) is 10.6 Å². The van der Waals surface area contributed by atoms with Gasteiger partial charge < -0.3 is 15.7 Å². The normalized spacial score (nSPS) is 10.8.